The van der Waals surface area contributed by atoms with Gasteiger partial charge in [-0.15, -0.1) is 11.3 Å². The second-order valence-electron chi connectivity index (χ2n) is 6.36. The fourth-order valence-corrected chi connectivity index (χ4v) is 3.48. The van der Waals surface area contributed by atoms with Gasteiger partial charge in [0.25, 0.3) is 0 Å². The molecule has 2 amide bonds. The summed E-state index contributed by atoms with van der Waals surface area (Å²) in [5, 5.41) is 8.11. The minimum Gasteiger partial charge on any atom is -0.326 e. The van der Waals surface area contributed by atoms with E-state index in [1.165, 1.54) is 18.3 Å². The number of amides is 2. The Labute approximate surface area is 162 Å². The van der Waals surface area contributed by atoms with E-state index in [9.17, 15) is 9.59 Å². The molecule has 0 radical (unpaired) electrons. The predicted molar refractivity (Wildman–Crippen MR) is 110 cm³/mol. The van der Waals surface area contributed by atoms with Crippen LogP contribution in [-0.4, -0.2) is 16.8 Å². The van der Waals surface area contributed by atoms with Crippen LogP contribution in [0.4, 0.5) is 10.8 Å². The zero-order chi connectivity index (χ0) is 19.2. The molecule has 0 aliphatic heterocycles. The second kappa shape index (κ2) is 8.60. The molecule has 0 saturated carbocycles. The molecule has 5 nitrogen and oxygen atoms in total. The Morgan fingerprint density at radius 2 is 1.74 bits per heavy atom. The van der Waals surface area contributed by atoms with E-state index in [1.807, 2.05) is 66.9 Å². The summed E-state index contributed by atoms with van der Waals surface area (Å²) < 4.78 is 0. The average Bonchev–Trinajstić information content (AvgIpc) is 3.11. The first-order chi connectivity index (χ1) is 13.0. The molecule has 0 aliphatic rings. The third-order valence-electron chi connectivity index (χ3n) is 4.11. The lowest BCUT2D eigenvalue weighted by molar-refractivity contribution is -0.116. The Morgan fingerprint density at radius 3 is 2.41 bits per heavy atom. The van der Waals surface area contributed by atoms with E-state index in [1.54, 1.807) is 0 Å². The van der Waals surface area contributed by atoms with Gasteiger partial charge in [0.05, 0.1) is 5.69 Å². The molecule has 0 fully saturated rings. The molecule has 1 aromatic heterocycles. The van der Waals surface area contributed by atoms with Crippen LogP contribution in [0.2, 0.25) is 0 Å². The molecule has 3 rings (SSSR count). The summed E-state index contributed by atoms with van der Waals surface area (Å²) in [6.07, 6.45) is 0.407. The van der Waals surface area contributed by atoms with Gasteiger partial charge in [0, 0.05) is 30.0 Å². The van der Waals surface area contributed by atoms with E-state index in [-0.39, 0.29) is 17.7 Å². The standard InChI is InChI=1S/C21H21N3O2S/c1-14(16-6-4-3-5-7-16)12-20(26)24-21-23-19(13-27-21)17-8-10-18(11-9-17)22-15(2)25/h3-11,13-14H,12H2,1-2H3,(H,22,25)(H,23,24,26). The molecule has 27 heavy (non-hydrogen) atoms. The number of nitrogens with one attached hydrogen (secondary N) is 2. The van der Waals surface area contributed by atoms with Crippen LogP contribution in [-0.2, 0) is 9.59 Å². The van der Waals surface area contributed by atoms with Gasteiger partial charge in [-0.1, -0.05) is 49.4 Å². The molecule has 2 N–H and O–H groups in total. The van der Waals surface area contributed by atoms with Crippen LogP contribution < -0.4 is 10.6 Å². The van der Waals surface area contributed by atoms with Gasteiger partial charge in [0.1, 0.15) is 0 Å². The highest BCUT2D eigenvalue weighted by Gasteiger charge is 2.13. The highest BCUT2D eigenvalue weighted by molar-refractivity contribution is 7.14. The van der Waals surface area contributed by atoms with Crippen molar-refractivity contribution in [2.24, 2.45) is 0 Å². The molecule has 0 saturated heterocycles. The van der Waals surface area contributed by atoms with Crippen LogP contribution >= 0.6 is 11.3 Å². The molecule has 0 aliphatic carbocycles. The van der Waals surface area contributed by atoms with E-state index in [4.69, 9.17) is 0 Å². The van der Waals surface area contributed by atoms with Gasteiger partial charge in [-0.3, -0.25) is 9.59 Å². The highest BCUT2D eigenvalue weighted by atomic mass is 32.1. The van der Waals surface area contributed by atoms with E-state index in [0.29, 0.717) is 11.6 Å². The Balaban J connectivity index is 1.60. The van der Waals surface area contributed by atoms with E-state index < -0.39 is 0 Å². The fraction of sp³-hybridized carbons (Fsp3) is 0.190. The Hall–Kier alpha value is -2.99. The molecular formula is C21H21N3O2S. The van der Waals surface area contributed by atoms with Gasteiger partial charge >= 0.3 is 0 Å². The smallest absolute Gasteiger partial charge is 0.226 e. The zero-order valence-electron chi connectivity index (χ0n) is 15.2. The predicted octanol–water partition coefficient (Wildman–Crippen LogP) is 4.90. The van der Waals surface area contributed by atoms with Crippen molar-refractivity contribution in [2.45, 2.75) is 26.2 Å². The second-order valence-corrected chi connectivity index (χ2v) is 7.22. The molecular weight excluding hydrogens is 358 g/mol. The number of benzene rings is 2. The Kier molecular flexibility index (Phi) is 5.98. The van der Waals surface area contributed by atoms with Gasteiger partial charge in [-0.05, 0) is 23.6 Å². The normalized spacial score (nSPS) is 11.6. The van der Waals surface area contributed by atoms with E-state index in [2.05, 4.69) is 15.6 Å². The number of aromatic nitrogens is 1. The maximum atomic E-state index is 12.3. The van der Waals surface area contributed by atoms with Crippen molar-refractivity contribution in [2.75, 3.05) is 10.6 Å². The molecule has 2 aromatic carbocycles. The number of hydrogen-bond donors (Lipinski definition) is 2. The Morgan fingerprint density at radius 1 is 1.04 bits per heavy atom. The first-order valence-electron chi connectivity index (χ1n) is 8.69. The molecule has 1 atom stereocenters. The van der Waals surface area contributed by atoms with Gasteiger partial charge in [0.2, 0.25) is 11.8 Å². The minimum atomic E-state index is -0.105. The number of carbonyl (C=O) groups is 2. The van der Waals surface area contributed by atoms with Crippen molar-refractivity contribution in [1.29, 1.82) is 0 Å². The first-order valence-corrected chi connectivity index (χ1v) is 9.57. The monoisotopic (exact) mass is 379 g/mol. The number of rotatable bonds is 6. The van der Waals surface area contributed by atoms with Crippen molar-refractivity contribution >= 4 is 34.0 Å². The van der Waals surface area contributed by atoms with Crippen molar-refractivity contribution in [3.05, 3.63) is 65.5 Å². The third-order valence-corrected chi connectivity index (χ3v) is 4.87. The van der Waals surface area contributed by atoms with Gasteiger partial charge in [0.15, 0.2) is 5.13 Å². The van der Waals surface area contributed by atoms with E-state index in [0.717, 1.165) is 22.5 Å². The topological polar surface area (TPSA) is 71.1 Å². The first kappa shape index (κ1) is 18.8. The number of nitrogens with zero attached hydrogens (tertiary/aromatic N) is 1. The minimum absolute atomic E-state index is 0.0479. The highest BCUT2D eigenvalue weighted by Crippen LogP contribution is 2.27. The third kappa shape index (κ3) is 5.24. The summed E-state index contributed by atoms with van der Waals surface area (Å²) in [5.74, 6) is -0.00801. The maximum Gasteiger partial charge on any atom is 0.226 e. The lowest BCUT2D eigenvalue weighted by Crippen LogP contribution is -2.14. The quantitative estimate of drug-likeness (QED) is 0.640. The van der Waals surface area contributed by atoms with Crippen LogP contribution in [0.3, 0.4) is 0 Å². The van der Waals surface area contributed by atoms with Crippen molar-refractivity contribution in [1.82, 2.24) is 4.98 Å². The summed E-state index contributed by atoms with van der Waals surface area (Å²) in [5.41, 5.74) is 3.61. The SMILES string of the molecule is CC(=O)Nc1ccc(-c2csc(NC(=O)CC(C)c3ccccc3)n2)cc1. The van der Waals surface area contributed by atoms with Crippen LogP contribution in [0.25, 0.3) is 11.3 Å². The molecule has 0 bridgehead atoms. The summed E-state index contributed by atoms with van der Waals surface area (Å²) in [6.45, 7) is 3.51. The van der Waals surface area contributed by atoms with Crippen LogP contribution in [0.1, 0.15) is 31.7 Å². The summed E-state index contributed by atoms with van der Waals surface area (Å²) in [4.78, 5) is 27.9. The zero-order valence-corrected chi connectivity index (χ0v) is 16.0. The van der Waals surface area contributed by atoms with Crippen LogP contribution in [0.15, 0.2) is 60.0 Å². The average molecular weight is 379 g/mol. The molecule has 1 heterocycles. The molecule has 138 valence electrons. The summed E-state index contributed by atoms with van der Waals surface area (Å²) in [6, 6.07) is 17.4. The van der Waals surface area contributed by atoms with Crippen molar-refractivity contribution in [3.8, 4) is 11.3 Å². The van der Waals surface area contributed by atoms with Gasteiger partial charge in [-0.25, -0.2) is 4.98 Å². The maximum absolute atomic E-state index is 12.3. The lowest BCUT2D eigenvalue weighted by Gasteiger charge is -2.10. The fourth-order valence-electron chi connectivity index (χ4n) is 2.74. The van der Waals surface area contributed by atoms with E-state index >= 15 is 0 Å². The van der Waals surface area contributed by atoms with Gasteiger partial charge < -0.3 is 10.6 Å². The Bertz CT molecular complexity index is 920. The molecule has 1 unspecified atom stereocenters. The summed E-state index contributed by atoms with van der Waals surface area (Å²) >= 11 is 1.40. The molecule has 0 spiro atoms. The summed E-state index contributed by atoms with van der Waals surface area (Å²) in [7, 11) is 0. The van der Waals surface area contributed by atoms with Crippen molar-refractivity contribution in [3.63, 3.8) is 0 Å². The number of thiazole rings is 1. The molecule has 6 heteroatoms. The van der Waals surface area contributed by atoms with Crippen LogP contribution in [0.5, 0.6) is 0 Å². The number of carbonyl (C=O) groups excluding carboxylic acids is 2. The van der Waals surface area contributed by atoms with Gasteiger partial charge in [-0.2, -0.15) is 0 Å². The van der Waals surface area contributed by atoms with Crippen LogP contribution in [0, 0.1) is 0 Å². The van der Waals surface area contributed by atoms with Crippen molar-refractivity contribution < 1.29 is 9.59 Å². The number of anilines is 2. The largest absolute Gasteiger partial charge is 0.326 e. The lowest BCUT2D eigenvalue weighted by atomic mass is 9.98. The molecule has 3 aromatic rings. The number of hydrogen-bond acceptors (Lipinski definition) is 4.